The molecule has 0 aliphatic heterocycles. The van der Waals surface area contributed by atoms with Crippen LogP contribution in [0.4, 0.5) is 0 Å². The Morgan fingerprint density at radius 2 is 1.42 bits per heavy atom. The molecule has 150 valence electrons. The van der Waals surface area contributed by atoms with Gasteiger partial charge in [-0.15, -0.1) is 0 Å². The molecule has 2 aliphatic rings. The predicted octanol–water partition coefficient (Wildman–Crippen LogP) is 8.35. The predicted molar refractivity (Wildman–Crippen MR) is 130 cm³/mol. The number of aryl methyl sites for hydroxylation is 1. The van der Waals surface area contributed by atoms with Crippen molar-refractivity contribution in [2.45, 2.75) is 25.7 Å². The van der Waals surface area contributed by atoms with Gasteiger partial charge in [0.15, 0.2) is 0 Å². The summed E-state index contributed by atoms with van der Waals surface area (Å²) in [7, 11) is 0. The maximum Gasteiger partial charge on any atom is 0.127 e. The van der Waals surface area contributed by atoms with E-state index in [0.29, 0.717) is 0 Å². The van der Waals surface area contributed by atoms with Gasteiger partial charge < -0.3 is 4.74 Å². The second kappa shape index (κ2) is 7.59. The van der Waals surface area contributed by atoms with Gasteiger partial charge in [-0.3, -0.25) is 0 Å². The molecule has 0 unspecified atom stereocenters. The van der Waals surface area contributed by atoms with E-state index in [0.717, 1.165) is 17.9 Å². The minimum absolute atomic E-state index is 0.858. The zero-order valence-corrected chi connectivity index (χ0v) is 17.5. The minimum atomic E-state index is 0.858. The number of benzene rings is 4. The third-order valence-electron chi connectivity index (χ3n) is 6.56. The van der Waals surface area contributed by atoms with E-state index in [-0.39, 0.29) is 0 Å². The molecule has 0 atom stereocenters. The molecule has 2 aliphatic carbocycles. The van der Waals surface area contributed by atoms with E-state index in [1.807, 2.05) is 30.3 Å². The average molecular weight is 401 g/mol. The monoisotopic (exact) mass is 400 g/mol. The van der Waals surface area contributed by atoms with Gasteiger partial charge >= 0.3 is 0 Å². The number of fused-ring (bicyclic) bond motifs is 4. The van der Waals surface area contributed by atoms with Crippen LogP contribution in [0.1, 0.15) is 30.4 Å². The molecule has 0 spiro atoms. The van der Waals surface area contributed by atoms with Crippen LogP contribution >= 0.6 is 0 Å². The Morgan fingerprint density at radius 1 is 0.581 bits per heavy atom. The number of allylic oxidation sites excluding steroid dienone is 4. The van der Waals surface area contributed by atoms with Gasteiger partial charge in [-0.05, 0) is 88.5 Å². The first-order chi connectivity index (χ1) is 15.4. The summed E-state index contributed by atoms with van der Waals surface area (Å²) in [5.41, 5.74) is 8.56. The van der Waals surface area contributed by atoms with Crippen molar-refractivity contribution in [3.63, 3.8) is 0 Å². The second-order valence-corrected chi connectivity index (χ2v) is 8.39. The van der Waals surface area contributed by atoms with Crippen molar-refractivity contribution in [2.75, 3.05) is 0 Å². The summed E-state index contributed by atoms with van der Waals surface area (Å²) in [6.45, 7) is 0. The molecule has 0 saturated carbocycles. The Bertz CT molecular complexity index is 1320. The smallest absolute Gasteiger partial charge is 0.127 e. The summed E-state index contributed by atoms with van der Waals surface area (Å²) in [5, 5.41) is 2.73. The van der Waals surface area contributed by atoms with Crippen LogP contribution < -0.4 is 4.74 Å². The highest BCUT2D eigenvalue weighted by Gasteiger charge is 2.21. The lowest BCUT2D eigenvalue weighted by atomic mass is 9.79. The van der Waals surface area contributed by atoms with Crippen molar-refractivity contribution in [3.8, 4) is 22.6 Å². The first kappa shape index (κ1) is 18.2. The second-order valence-electron chi connectivity index (χ2n) is 8.39. The summed E-state index contributed by atoms with van der Waals surface area (Å²) in [4.78, 5) is 0. The molecule has 0 bridgehead atoms. The van der Waals surface area contributed by atoms with E-state index >= 15 is 0 Å². The van der Waals surface area contributed by atoms with Gasteiger partial charge in [-0.1, -0.05) is 78.4 Å². The van der Waals surface area contributed by atoms with E-state index in [2.05, 4.69) is 66.7 Å². The van der Waals surface area contributed by atoms with Gasteiger partial charge in [0.1, 0.15) is 11.5 Å². The van der Waals surface area contributed by atoms with Gasteiger partial charge in [-0.2, -0.15) is 0 Å². The lowest BCUT2D eigenvalue weighted by Gasteiger charge is -2.26. The third kappa shape index (κ3) is 3.27. The van der Waals surface area contributed by atoms with E-state index in [1.165, 1.54) is 57.9 Å². The van der Waals surface area contributed by atoms with Crippen LogP contribution in [0.2, 0.25) is 0 Å². The molecule has 0 fully saturated rings. The van der Waals surface area contributed by atoms with Gasteiger partial charge in [0.05, 0.1) is 0 Å². The highest BCUT2D eigenvalue weighted by molar-refractivity contribution is 6.01. The van der Waals surface area contributed by atoms with Crippen LogP contribution in [0, 0.1) is 0 Å². The zero-order valence-electron chi connectivity index (χ0n) is 17.5. The Morgan fingerprint density at radius 3 is 2.29 bits per heavy atom. The number of hydrogen-bond acceptors (Lipinski definition) is 1. The Balaban J connectivity index is 1.39. The van der Waals surface area contributed by atoms with Crippen LogP contribution in [0.25, 0.3) is 27.5 Å². The molecular weight excluding hydrogens is 376 g/mol. The fraction of sp³-hybridized carbons (Fsp3) is 0.133. The number of ether oxygens (including phenoxy) is 1. The minimum Gasteiger partial charge on any atom is -0.457 e. The first-order valence-corrected chi connectivity index (χ1v) is 11.1. The van der Waals surface area contributed by atoms with Crippen LogP contribution in [0.5, 0.6) is 11.5 Å². The van der Waals surface area contributed by atoms with Crippen molar-refractivity contribution in [1.29, 1.82) is 0 Å². The summed E-state index contributed by atoms with van der Waals surface area (Å²) >= 11 is 0. The van der Waals surface area contributed by atoms with Gasteiger partial charge in [-0.25, -0.2) is 0 Å². The number of hydrogen-bond donors (Lipinski definition) is 0. The van der Waals surface area contributed by atoms with Crippen molar-refractivity contribution < 1.29 is 4.74 Å². The maximum atomic E-state index is 5.97. The molecule has 0 N–H and O–H groups in total. The van der Waals surface area contributed by atoms with Crippen LogP contribution in [0.15, 0.2) is 103 Å². The van der Waals surface area contributed by atoms with Crippen molar-refractivity contribution in [2.24, 2.45) is 0 Å². The van der Waals surface area contributed by atoms with E-state index < -0.39 is 0 Å². The molecule has 0 saturated heterocycles. The van der Waals surface area contributed by atoms with Crippen LogP contribution in [0.3, 0.4) is 0 Å². The lowest BCUT2D eigenvalue weighted by molar-refractivity contribution is 0.483. The molecule has 1 nitrogen and oxygen atoms in total. The summed E-state index contributed by atoms with van der Waals surface area (Å²) in [5.74, 6) is 1.72. The van der Waals surface area contributed by atoms with Crippen molar-refractivity contribution in [1.82, 2.24) is 0 Å². The maximum absolute atomic E-state index is 5.97. The Labute approximate surface area is 183 Å². The van der Waals surface area contributed by atoms with Gasteiger partial charge in [0.25, 0.3) is 0 Å². The van der Waals surface area contributed by atoms with E-state index in [9.17, 15) is 0 Å². The SMILES string of the molecule is C1=CC2=C(CC1)CCc1c2ccc2c(-c3ccc(Oc4ccccc4)cc3)cccc12. The molecule has 1 heteroatoms. The van der Waals surface area contributed by atoms with Crippen LogP contribution in [-0.4, -0.2) is 0 Å². The number of para-hydroxylation sites is 1. The molecule has 0 aromatic heterocycles. The molecule has 4 aromatic rings. The molecule has 0 amide bonds. The Hall–Kier alpha value is -3.58. The number of rotatable bonds is 3. The molecule has 0 radical (unpaired) electrons. The highest BCUT2D eigenvalue weighted by atomic mass is 16.5. The molecule has 0 heterocycles. The summed E-state index contributed by atoms with van der Waals surface area (Å²) < 4.78 is 5.97. The Kier molecular flexibility index (Phi) is 4.46. The topological polar surface area (TPSA) is 9.23 Å². The van der Waals surface area contributed by atoms with Gasteiger partial charge in [0, 0.05) is 0 Å². The third-order valence-corrected chi connectivity index (χ3v) is 6.56. The first-order valence-electron chi connectivity index (χ1n) is 11.1. The quantitative estimate of drug-likeness (QED) is 0.336. The van der Waals surface area contributed by atoms with E-state index in [4.69, 9.17) is 4.74 Å². The van der Waals surface area contributed by atoms with Gasteiger partial charge in [0.2, 0.25) is 0 Å². The normalized spacial score (nSPS) is 15.0. The molecule has 6 rings (SSSR count). The van der Waals surface area contributed by atoms with Crippen molar-refractivity contribution in [3.05, 3.63) is 114 Å². The molecule has 4 aromatic carbocycles. The summed E-state index contributed by atoms with van der Waals surface area (Å²) in [6.07, 6.45) is 9.43. The fourth-order valence-corrected chi connectivity index (χ4v) is 5.05. The molecular formula is C30H24O. The average Bonchev–Trinajstić information content (AvgIpc) is 2.84. The zero-order chi connectivity index (χ0) is 20.6. The highest BCUT2D eigenvalue weighted by Crippen LogP contribution is 2.41. The largest absolute Gasteiger partial charge is 0.457 e. The summed E-state index contributed by atoms with van der Waals surface area (Å²) in [6, 6.07) is 29.8. The fourth-order valence-electron chi connectivity index (χ4n) is 5.05. The standard InChI is InChI=1S/C30H24O/c1-2-8-23(9-3-1)31-24-16-13-22(14-17-24)26-11-6-12-27-28(26)19-20-29-25-10-5-4-7-21(25)15-18-30(27)29/h1-3,5-6,8-14,16-17,19-20H,4,7,15,18H2. The molecule has 31 heavy (non-hydrogen) atoms. The lowest BCUT2D eigenvalue weighted by Crippen LogP contribution is -2.07. The van der Waals surface area contributed by atoms with Crippen molar-refractivity contribution >= 4 is 16.3 Å². The van der Waals surface area contributed by atoms with Crippen LogP contribution in [-0.2, 0) is 6.42 Å². The van der Waals surface area contributed by atoms with E-state index in [1.54, 1.807) is 5.57 Å².